The van der Waals surface area contributed by atoms with Crippen LogP contribution in [0.1, 0.15) is 36.1 Å². The van der Waals surface area contributed by atoms with E-state index in [-0.39, 0.29) is 23.7 Å². The van der Waals surface area contributed by atoms with Gasteiger partial charge >= 0.3 is 5.97 Å². The van der Waals surface area contributed by atoms with Crippen molar-refractivity contribution in [3.8, 4) is 0 Å². The number of carboxylic acids is 1. The normalized spacial score (nSPS) is 12.4. The highest BCUT2D eigenvalue weighted by molar-refractivity contribution is 7.98. The quantitative estimate of drug-likeness (QED) is 0.772. The number of alkyl halides is 2. The van der Waals surface area contributed by atoms with E-state index >= 15 is 0 Å². The van der Waals surface area contributed by atoms with Gasteiger partial charge < -0.3 is 14.8 Å². The number of carboxylic acid groups (broad SMARTS) is 1. The van der Waals surface area contributed by atoms with Gasteiger partial charge in [-0.05, 0) is 18.6 Å². The number of nitrogens with one attached hydrogen (secondary N) is 1. The second-order valence-electron chi connectivity index (χ2n) is 4.01. The Morgan fingerprint density at radius 3 is 2.70 bits per heavy atom. The van der Waals surface area contributed by atoms with Crippen molar-refractivity contribution in [1.29, 1.82) is 0 Å². The van der Waals surface area contributed by atoms with Crippen molar-refractivity contribution in [3.05, 3.63) is 23.7 Å². The fourth-order valence-corrected chi connectivity index (χ4v) is 1.93. The molecule has 1 aromatic heterocycles. The van der Waals surface area contributed by atoms with Crippen LogP contribution in [0, 0.1) is 0 Å². The summed E-state index contributed by atoms with van der Waals surface area (Å²) in [6, 6.07) is 2.33. The van der Waals surface area contributed by atoms with E-state index in [0.29, 0.717) is 18.2 Å². The van der Waals surface area contributed by atoms with Crippen LogP contribution in [0.5, 0.6) is 0 Å². The lowest BCUT2D eigenvalue weighted by molar-refractivity contribution is -0.137. The van der Waals surface area contributed by atoms with Crippen LogP contribution in [0.2, 0.25) is 0 Å². The van der Waals surface area contributed by atoms with Gasteiger partial charge in [0, 0.05) is 6.04 Å². The first-order valence-electron chi connectivity index (χ1n) is 5.93. The largest absolute Gasteiger partial charge is 0.481 e. The number of rotatable bonds is 8. The number of carbonyl (C=O) groups is 2. The summed E-state index contributed by atoms with van der Waals surface area (Å²) in [6.07, 6.45) is 0.282. The van der Waals surface area contributed by atoms with Crippen molar-refractivity contribution < 1.29 is 27.9 Å². The number of amides is 1. The third-order valence-corrected chi connectivity index (χ3v) is 3.19. The Labute approximate surface area is 118 Å². The molecule has 0 spiro atoms. The molecule has 1 rings (SSSR count). The summed E-state index contributed by atoms with van der Waals surface area (Å²) >= 11 is 0.400. The van der Waals surface area contributed by atoms with Gasteiger partial charge in [-0.2, -0.15) is 8.78 Å². The number of furan rings is 1. The van der Waals surface area contributed by atoms with E-state index in [4.69, 9.17) is 9.52 Å². The van der Waals surface area contributed by atoms with Gasteiger partial charge in [-0.3, -0.25) is 9.59 Å². The highest BCUT2D eigenvalue weighted by Crippen LogP contribution is 2.21. The Balaban J connectivity index is 2.56. The molecule has 1 amide bonds. The lowest BCUT2D eigenvalue weighted by Crippen LogP contribution is -2.35. The van der Waals surface area contributed by atoms with E-state index in [1.165, 1.54) is 12.1 Å². The maximum atomic E-state index is 12.0. The predicted molar refractivity (Wildman–Crippen MR) is 69.8 cm³/mol. The van der Waals surface area contributed by atoms with Crippen molar-refractivity contribution in [2.45, 2.75) is 37.3 Å². The van der Waals surface area contributed by atoms with Gasteiger partial charge in [0.15, 0.2) is 5.76 Å². The summed E-state index contributed by atoms with van der Waals surface area (Å²) in [4.78, 5) is 22.4. The van der Waals surface area contributed by atoms with Crippen LogP contribution in [0.3, 0.4) is 0 Å². The van der Waals surface area contributed by atoms with Crippen molar-refractivity contribution in [2.75, 3.05) is 0 Å². The lowest BCUT2D eigenvalue weighted by Gasteiger charge is -2.13. The maximum absolute atomic E-state index is 12.0. The Hall–Kier alpha value is -1.57. The zero-order chi connectivity index (χ0) is 15.1. The first-order chi connectivity index (χ1) is 9.42. The monoisotopic (exact) mass is 307 g/mol. The summed E-state index contributed by atoms with van der Waals surface area (Å²) < 4.78 is 29.2. The Bertz CT molecular complexity index is 464. The molecule has 0 aliphatic carbocycles. The van der Waals surface area contributed by atoms with Gasteiger partial charge in [-0.25, -0.2) is 0 Å². The maximum Gasteiger partial charge on any atom is 0.305 e. The number of hydrogen-bond donors (Lipinski definition) is 2. The molecular formula is C12H15F2NO4S. The molecule has 1 unspecified atom stereocenters. The molecule has 0 radical (unpaired) electrons. The molecule has 1 heterocycles. The average Bonchev–Trinajstić information content (AvgIpc) is 2.83. The van der Waals surface area contributed by atoms with Gasteiger partial charge in [0.1, 0.15) is 5.76 Å². The van der Waals surface area contributed by atoms with E-state index in [1.54, 1.807) is 6.92 Å². The summed E-state index contributed by atoms with van der Waals surface area (Å²) in [7, 11) is 0. The molecular weight excluding hydrogens is 292 g/mol. The van der Waals surface area contributed by atoms with Crippen molar-refractivity contribution in [3.63, 3.8) is 0 Å². The van der Waals surface area contributed by atoms with Crippen LogP contribution in [0.25, 0.3) is 0 Å². The van der Waals surface area contributed by atoms with Crippen LogP contribution < -0.4 is 5.32 Å². The number of thioether (sulfide) groups is 1. The Morgan fingerprint density at radius 2 is 2.15 bits per heavy atom. The predicted octanol–water partition coefficient (Wildman–Crippen LogP) is 2.72. The molecule has 1 atom stereocenters. The highest BCUT2D eigenvalue weighted by atomic mass is 32.2. The Kier molecular flexibility index (Phi) is 6.50. The summed E-state index contributed by atoms with van der Waals surface area (Å²) in [5.41, 5.74) is 0. The first kappa shape index (κ1) is 16.5. The molecule has 0 saturated carbocycles. The zero-order valence-electron chi connectivity index (χ0n) is 10.8. The molecule has 1 aromatic rings. The number of halogens is 2. The molecule has 8 heteroatoms. The fourth-order valence-electron chi connectivity index (χ4n) is 1.49. The minimum Gasteiger partial charge on any atom is -0.481 e. The topological polar surface area (TPSA) is 79.5 Å². The second kappa shape index (κ2) is 7.88. The minimum atomic E-state index is -2.50. The summed E-state index contributed by atoms with van der Waals surface area (Å²) in [5.74, 6) is -3.84. The van der Waals surface area contributed by atoms with E-state index in [1.807, 2.05) is 0 Å². The number of hydrogen-bond acceptors (Lipinski definition) is 4. The number of carbonyl (C=O) groups excluding carboxylic acids is 1. The molecule has 0 saturated heterocycles. The lowest BCUT2D eigenvalue weighted by atomic mass is 10.1. The molecule has 2 N–H and O–H groups in total. The standard InChI is InChI=1S/C12H15F2NO4S/c1-2-7(5-10(16)17)15-11(18)9-4-3-8(19-9)6-20-12(13)14/h3-4,7,12H,2,5-6H2,1H3,(H,15,18)(H,16,17). The van der Waals surface area contributed by atoms with Crippen LogP contribution in [-0.4, -0.2) is 28.8 Å². The molecule has 0 aliphatic rings. The van der Waals surface area contributed by atoms with Crippen LogP contribution in [-0.2, 0) is 10.5 Å². The van der Waals surface area contributed by atoms with Gasteiger partial charge in [0.2, 0.25) is 0 Å². The molecule has 0 aromatic carbocycles. The van der Waals surface area contributed by atoms with Gasteiger partial charge in [0.05, 0.1) is 12.2 Å². The van der Waals surface area contributed by atoms with E-state index < -0.39 is 23.7 Å². The molecule has 5 nitrogen and oxygen atoms in total. The first-order valence-corrected chi connectivity index (χ1v) is 6.98. The highest BCUT2D eigenvalue weighted by Gasteiger charge is 2.18. The van der Waals surface area contributed by atoms with Crippen LogP contribution in [0.4, 0.5) is 8.78 Å². The molecule has 20 heavy (non-hydrogen) atoms. The zero-order valence-corrected chi connectivity index (χ0v) is 11.6. The summed E-state index contributed by atoms with van der Waals surface area (Å²) in [5, 5.41) is 11.2. The fraction of sp³-hybridized carbons (Fsp3) is 0.500. The van der Waals surface area contributed by atoms with E-state index in [0.717, 1.165) is 0 Å². The van der Waals surface area contributed by atoms with Gasteiger partial charge in [0.25, 0.3) is 11.7 Å². The minimum absolute atomic E-state index is 0.0151. The van der Waals surface area contributed by atoms with Crippen molar-refractivity contribution >= 4 is 23.6 Å². The Morgan fingerprint density at radius 1 is 1.45 bits per heavy atom. The molecule has 112 valence electrons. The van der Waals surface area contributed by atoms with E-state index in [2.05, 4.69) is 5.32 Å². The molecule has 0 fully saturated rings. The third kappa shape index (κ3) is 5.60. The average molecular weight is 307 g/mol. The van der Waals surface area contributed by atoms with Crippen LogP contribution >= 0.6 is 11.8 Å². The number of aliphatic carboxylic acids is 1. The molecule has 0 bridgehead atoms. The van der Waals surface area contributed by atoms with Crippen molar-refractivity contribution in [2.24, 2.45) is 0 Å². The smallest absolute Gasteiger partial charge is 0.305 e. The third-order valence-electron chi connectivity index (χ3n) is 2.49. The van der Waals surface area contributed by atoms with Gasteiger partial charge in [-0.15, -0.1) is 0 Å². The van der Waals surface area contributed by atoms with Crippen molar-refractivity contribution in [1.82, 2.24) is 5.32 Å². The van der Waals surface area contributed by atoms with Crippen LogP contribution in [0.15, 0.2) is 16.5 Å². The van der Waals surface area contributed by atoms with Gasteiger partial charge in [-0.1, -0.05) is 18.7 Å². The summed E-state index contributed by atoms with van der Waals surface area (Å²) in [6.45, 7) is 1.75. The van der Waals surface area contributed by atoms with E-state index in [9.17, 15) is 18.4 Å². The molecule has 0 aliphatic heterocycles. The second-order valence-corrected chi connectivity index (χ2v) is 4.99. The SMILES string of the molecule is CCC(CC(=O)O)NC(=O)c1ccc(CSC(F)F)o1.